The molecule has 33 heavy (non-hydrogen) atoms. The molecule has 0 fully saturated rings. The molecule has 1 heterocycles. The van der Waals surface area contributed by atoms with E-state index in [0.29, 0.717) is 28.9 Å². The molecule has 0 aromatic heterocycles. The minimum absolute atomic E-state index is 0.0687. The summed E-state index contributed by atoms with van der Waals surface area (Å²) in [4.78, 5) is 27.5. The minimum atomic E-state index is -2.99. The number of benzene rings is 2. The summed E-state index contributed by atoms with van der Waals surface area (Å²) >= 11 is -2.04. The van der Waals surface area contributed by atoms with Crippen LogP contribution < -0.4 is 15.0 Å². The van der Waals surface area contributed by atoms with Gasteiger partial charge in [-0.25, -0.2) is 4.21 Å². The first kappa shape index (κ1) is 24.8. The predicted molar refractivity (Wildman–Crippen MR) is 121 cm³/mol. The molecule has 1 aliphatic rings. The second-order valence-electron chi connectivity index (χ2n) is 8.32. The van der Waals surface area contributed by atoms with Gasteiger partial charge < -0.3 is 14.6 Å². The predicted octanol–water partition coefficient (Wildman–Crippen LogP) is 4.36. The van der Waals surface area contributed by atoms with E-state index < -0.39 is 35.1 Å². The number of carbonyl (C=O) groups excluding carboxylic acids is 2. The number of rotatable bonds is 9. The van der Waals surface area contributed by atoms with Crippen LogP contribution >= 0.6 is 0 Å². The van der Waals surface area contributed by atoms with Crippen molar-refractivity contribution in [2.24, 2.45) is 0 Å². The number of carbonyl (C=O) groups is 2. The number of nitrogens with zero attached hydrogens (tertiary/aromatic N) is 1. The van der Waals surface area contributed by atoms with Crippen LogP contribution in [0.1, 0.15) is 49.5 Å². The molecule has 0 aliphatic carbocycles. The molecule has 2 aromatic carbocycles. The zero-order valence-electron chi connectivity index (χ0n) is 18.5. The van der Waals surface area contributed by atoms with E-state index in [1.54, 1.807) is 38.1 Å². The van der Waals surface area contributed by atoms with Gasteiger partial charge in [0.2, 0.25) is 5.91 Å². The smallest absolute Gasteiger partial charge is 0.387 e. The van der Waals surface area contributed by atoms with E-state index in [9.17, 15) is 27.1 Å². The van der Waals surface area contributed by atoms with Crippen LogP contribution in [-0.4, -0.2) is 39.0 Å². The van der Waals surface area contributed by atoms with Gasteiger partial charge in [0, 0.05) is 17.7 Å². The van der Waals surface area contributed by atoms with E-state index in [4.69, 9.17) is 0 Å². The highest BCUT2D eigenvalue weighted by molar-refractivity contribution is 7.79. The van der Waals surface area contributed by atoms with Gasteiger partial charge in [0.15, 0.2) is 11.1 Å². The molecule has 1 aliphatic heterocycles. The highest BCUT2D eigenvalue weighted by Crippen LogP contribution is 2.46. The zero-order valence-corrected chi connectivity index (χ0v) is 19.3. The van der Waals surface area contributed by atoms with E-state index in [1.807, 2.05) is 6.92 Å². The number of anilines is 2. The molecule has 2 atom stereocenters. The lowest BCUT2D eigenvalue weighted by molar-refractivity contribution is -0.121. The topological polar surface area (TPSA) is 95.9 Å². The highest BCUT2D eigenvalue weighted by Gasteiger charge is 2.45. The fourth-order valence-electron chi connectivity index (χ4n) is 3.92. The fourth-order valence-corrected chi connectivity index (χ4v) is 4.51. The van der Waals surface area contributed by atoms with Gasteiger partial charge in [0.1, 0.15) is 5.75 Å². The molecule has 10 heteroatoms. The number of hydrogen-bond donors (Lipinski definition) is 2. The second kappa shape index (κ2) is 9.96. The van der Waals surface area contributed by atoms with Crippen molar-refractivity contribution in [3.05, 3.63) is 53.6 Å². The van der Waals surface area contributed by atoms with Crippen LogP contribution in [0.4, 0.5) is 20.2 Å². The van der Waals surface area contributed by atoms with Crippen LogP contribution in [0.15, 0.2) is 42.5 Å². The third-order valence-electron chi connectivity index (χ3n) is 5.53. The minimum Gasteiger partial charge on any atom is -0.435 e. The van der Waals surface area contributed by atoms with Gasteiger partial charge in [-0.3, -0.25) is 14.5 Å². The van der Waals surface area contributed by atoms with E-state index in [2.05, 4.69) is 10.1 Å². The maximum Gasteiger partial charge on any atom is 0.387 e. The summed E-state index contributed by atoms with van der Waals surface area (Å²) in [6.07, 6.45) is 1.29. The fraction of sp³-hybridized carbons (Fsp3) is 0.391. The molecule has 0 saturated carbocycles. The van der Waals surface area contributed by atoms with Crippen molar-refractivity contribution in [1.82, 2.24) is 5.32 Å². The van der Waals surface area contributed by atoms with Crippen molar-refractivity contribution in [3.8, 4) is 5.75 Å². The summed E-state index contributed by atoms with van der Waals surface area (Å²) in [5.74, 6) is -0.820. The molecular formula is C23H26F2N2O5S. The summed E-state index contributed by atoms with van der Waals surface area (Å²) in [6, 6.07) is 10.2. The Morgan fingerprint density at radius 3 is 2.61 bits per heavy atom. The van der Waals surface area contributed by atoms with Crippen molar-refractivity contribution in [3.63, 3.8) is 0 Å². The van der Waals surface area contributed by atoms with Crippen molar-refractivity contribution in [2.45, 2.75) is 51.7 Å². The van der Waals surface area contributed by atoms with Gasteiger partial charge in [-0.1, -0.05) is 19.4 Å². The third kappa shape index (κ3) is 5.39. The van der Waals surface area contributed by atoms with Crippen molar-refractivity contribution in [2.75, 3.05) is 10.7 Å². The van der Waals surface area contributed by atoms with E-state index in [1.165, 1.54) is 23.1 Å². The number of alkyl halides is 2. The van der Waals surface area contributed by atoms with Crippen LogP contribution in [-0.2, 0) is 21.3 Å². The summed E-state index contributed by atoms with van der Waals surface area (Å²) in [5.41, 5.74) is 0.864. The summed E-state index contributed by atoms with van der Waals surface area (Å²) < 4.78 is 50.1. The lowest BCUT2D eigenvalue weighted by Gasteiger charge is -2.21. The van der Waals surface area contributed by atoms with Crippen molar-refractivity contribution < 1.29 is 31.9 Å². The Bertz CT molecular complexity index is 1080. The van der Waals surface area contributed by atoms with E-state index in [-0.39, 0.29) is 17.4 Å². The van der Waals surface area contributed by atoms with Gasteiger partial charge in [0.05, 0.1) is 22.5 Å². The monoisotopic (exact) mass is 480 g/mol. The Balaban J connectivity index is 1.93. The summed E-state index contributed by atoms with van der Waals surface area (Å²) in [7, 11) is 0. The molecule has 178 valence electrons. The molecule has 0 radical (unpaired) electrons. The molecule has 3 rings (SSSR count). The Labute approximate surface area is 193 Å². The number of ether oxygens (including phenoxy) is 1. The number of fused-ring (bicyclic) bond motifs is 1. The molecular weight excluding hydrogens is 454 g/mol. The third-order valence-corrected chi connectivity index (χ3v) is 6.22. The first-order valence-corrected chi connectivity index (χ1v) is 11.7. The summed E-state index contributed by atoms with van der Waals surface area (Å²) in [6.45, 7) is 2.38. The van der Waals surface area contributed by atoms with Crippen molar-refractivity contribution in [1.29, 1.82) is 0 Å². The largest absolute Gasteiger partial charge is 0.435 e. The normalized spacial score (nSPS) is 16.5. The lowest BCUT2D eigenvalue weighted by Crippen LogP contribution is -2.38. The maximum absolute atomic E-state index is 13.3. The molecule has 2 unspecified atom stereocenters. The number of amides is 2. The molecule has 2 amide bonds. The lowest BCUT2D eigenvalue weighted by atomic mass is 9.85. The Morgan fingerprint density at radius 1 is 1.24 bits per heavy atom. The highest BCUT2D eigenvalue weighted by atomic mass is 32.2. The maximum atomic E-state index is 13.3. The Kier molecular flexibility index (Phi) is 7.48. The van der Waals surface area contributed by atoms with Crippen LogP contribution in [0.25, 0.3) is 0 Å². The van der Waals surface area contributed by atoms with Gasteiger partial charge in [0.25, 0.3) is 5.91 Å². The number of halogens is 2. The van der Waals surface area contributed by atoms with Gasteiger partial charge in [-0.2, -0.15) is 8.78 Å². The molecule has 0 spiro atoms. The van der Waals surface area contributed by atoms with Gasteiger partial charge in [-0.15, -0.1) is 0 Å². The standard InChI is InChI=1S/C23H26F2N2O5S/c1-4-6-15(13-33(30)31)26-20(28)14-9-10-19-18(11-14)23(2,3)21(29)27(19)16-7-5-8-17(12-16)32-22(24)25/h5,7-12,15,22H,4,6,13H2,1-3H3,(H,26,28)(H,30,31). The molecule has 7 nitrogen and oxygen atoms in total. The number of nitrogens with one attached hydrogen (secondary N) is 1. The van der Waals surface area contributed by atoms with Crippen LogP contribution in [0, 0.1) is 0 Å². The SMILES string of the molecule is CCCC(CS(=O)O)NC(=O)c1ccc2c(c1)C(C)(C)C(=O)N2c1cccc(OC(F)F)c1. The van der Waals surface area contributed by atoms with Gasteiger partial charge in [-0.05, 0) is 56.2 Å². The van der Waals surface area contributed by atoms with Crippen LogP contribution in [0.3, 0.4) is 0 Å². The van der Waals surface area contributed by atoms with Crippen LogP contribution in [0.5, 0.6) is 5.75 Å². The van der Waals surface area contributed by atoms with E-state index in [0.717, 1.165) is 6.42 Å². The average molecular weight is 481 g/mol. The van der Waals surface area contributed by atoms with Crippen molar-refractivity contribution >= 4 is 34.3 Å². The molecule has 2 aromatic rings. The Morgan fingerprint density at radius 2 is 1.97 bits per heavy atom. The Hall–Kier alpha value is -2.85. The molecule has 0 saturated heterocycles. The molecule has 0 bridgehead atoms. The average Bonchev–Trinajstić information content (AvgIpc) is 2.93. The second-order valence-corrected chi connectivity index (χ2v) is 9.30. The zero-order chi connectivity index (χ0) is 24.3. The van der Waals surface area contributed by atoms with Crippen LogP contribution in [0.2, 0.25) is 0 Å². The summed E-state index contributed by atoms with van der Waals surface area (Å²) in [5, 5.41) is 2.79. The molecule has 2 N–H and O–H groups in total. The first-order valence-electron chi connectivity index (χ1n) is 10.5. The number of hydrogen-bond acceptors (Lipinski definition) is 4. The first-order chi connectivity index (χ1) is 15.5. The van der Waals surface area contributed by atoms with Gasteiger partial charge >= 0.3 is 6.61 Å². The quantitative estimate of drug-likeness (QED) is 0.520. The van der Waals surface area contributed by atoms with E-state index >= 15 is 0 Å².